The van der Waals surface area contributed by atoms with Crippen LogP contribution in [0.3, 0.4) is 0 Å². The Labute approximate surface area is 344 Å². The number of aryl methyl sites for hydroxylation is 3. The minimum Gasteiger partial charge on any atom is -0.490 e. The van der Waals surface area contributed by atoms with Gasteiger partial charge in [0.15, 0.2) is 11.5 Å². The maximum absolute atomic E-state index is 6.48. The molecule has 0 saturated carbocycles. The van der Waals surface area contributed by atoms with Gasteiger partial charge in [-0.15, -0.1) is 11.3 Å². The van der Waals surface area contributed by atoms with E-state index in [2.05, 4.69) is 173 Å². The van der Waals surface area contributed by atoms with Crippen molar-refractivity contribution >= 4 is 78.0 Å². The highest BCUT2D eigenvalue weighted by atomic mass is 32.1. The van der Waals surface area contributed by atoms with E-state index in [0.29, 0.717) is 13.2 Å². The fourth-order valence-corrected chi connectivity index (χ4v) is 10.8. The van der Waals surface area contributed by atoms with Crippen LogP contribution in [0.4, 0.5) is 33.4 Å². The number of hydrogen-bond acceptors (Lipinski definition) is 5. The van der Waals surface area contributed by atoms with E-state index in [0.717, 1.165) is 23.5 Å². The van der Waals surface area contributed by atoms with Gasteiger partial charge in [-0.2, -0.15) is 0 Å². The highest BCUT2D eigenvalue weighted by Crippen LogP contribution is 2.52. The van der Waals surface area contributed by atoms with E-state index in [1.54, 1.807) is 0 Å². The predicted octanol–water partition coefficient (Wildman–Crippen LogP) is 12.3. The lowest BCUT2D eigenvalue weighted by molar-refractivity contribution is 0.296. The number of fused-ring (bicyclic) bond motifs is 7. The molecule has 4 heterocycles. The van der Waals surface area contributed by atoms with E-state index >= 15 is 0 Å². The van der Waals surface area contributed by atoms with Crippen molar-refractivity contribution in [1.29, 1.82) is 0 Å². The largest absolute Gasteiger partial charge is 0.490 e. The third kappa shape index (κ3) is 5.91. The molecule has 0 spiro atoms. The van der Waals surface area contributed by atoms with Crippen LogP contribution >= 0.6 is 11.3 Å². The minimum absolute atomic E-state index is 0.0171. The van der Waals surface area contributed by atoms with Crippen LogP contribution in [-0.4, -0.2) is 19.9 Å². The molecule has 0 unspecified atom stereocenters. The molecule has 0 aliphatic carbocycles. The monoisotopic (exact) mass is 772 g/mol. The van der Waals surface area contributed by atoms with Gasteiger partial charge in [0.25, 0.3) is 6.71 Å². The number of benzene rings is 5. The van der Waals surface area contributed by atoms with E-state index in [1.807, 2.05) is 11.3 Å². The molecule has 0 fully saturated rings. The van der Waals surface area contributed by atoms with E-state index in [-0.39, 0.29) is 23.0 Å². The third-order valence-corrected chi connectivity index (χ3v) is 13.8. The summed E-state index contributed by atoms with van der Waals surface area (Å²) in [6.07, 6.45) is 0.873. The molecule has 0 bridgehead atoms. The van der Waals surface area contributed by atoms with E-state index in [9.17, 15) is 0 Å². The van der Waals surface area contributed by atoms with Crippen molar-refractivity contribution in [3.8, 4) is 11.5 Å². The smallest absolute Gasteiger partial charge is 0.254 e. The molecule has 9 rings (SSSR count). The van der Waals surface area contributed by atoms with Crippen LogP contribution in [-0.2, 0) is 16.2 Å². The summed E-state index contributed by atoms with van der Waals surface area (Å²) in [5, 5.41) is 2.69. The van der Waals surface area contributed by atoms with Crippen LogP contribution < -0.4 is 35.7 Å². The average Bonchev–Trinajstić information content (AvgIpc) is 3.34. The second kappa shape index (κ2) is 12.9. The van der Waals surface area contributed by atoms with Crippen LogP contribution in [0, 0.1) is 27.7 Å². The molecule has 292 valence electrons. The van der Waals surface area contributed by atoms with Gasteiger partial charge in [0, 0.05) is 33.7 Å². The quantitative estimate of drug-likeness (QED) is 0.163. The van der Waals surface area contributed by atoms with Crippen LogP contribution in [0.5, 0.6) is 11.5 Å². The third-order valence-electron chi connectivity index (χ3n) is 12.6. The van der Waals surface area contributed by atoms with Gasteiger partial charge in [0.2, 0.25) is 0 Å². The molecule has 6 heteroatoms. The standard InChI is InChI=1S/C51H57BN2O2S/c1-29-24-35(51(11,12)13)25-30(2)45(29)54-40-17-14-16-39-44(40)52(43-36-27-33(49(5,6)7)19-21-42(36)57-48(43)54)37-28-34(50(8,9)10)18-20-38(37)53(39)46-31(3)26-41-47(32(46)4)56-23-15-22-55-41/h14,16-21,24-28H,15,22-23H2,1-13H3. The second-order valence-corrected chi connectivity index (χ2v) is 20.9. The Morgan fingerprint density at radius 1 is 0.579 bits per heavy atom. The zero-order valence-electron chi connectivity index (χ0n) is 36.2. The fraction of sp³-hybridized carbons (Fsp3) is 0.373. The molecule has 6 aromatic rings. The van der Waals surface area contributed by atoms with Crippen LogP contribution in [0.15, 0.2) is 72.8 Å². The summed E-state index contributed by atoms with van der Waals surface area (Å²) in [5.74, 6) is 1.71. The first-order valence-electron chi connectivity index (χ1n) is 20.8. The number of anilines is 6. The lowest BCUT2D eigenvalue weighted by Crippen LogP contribution is -2.61. The molecule has 0 N–H and O–H groups in total. The maximum atomic E-state index is 6.48. The van der Waals surface area contributed by atoms with Crippen molar-refractivity contribution in [2.75, 3.05) is 23.0 Å². The van der Waals surface area contributed by atoms with E-state index in [1.165, 1.54) is 93.3 Å². The topological polar surface area (TPSA) is 24.9 Å². The highest BCUT2D eigenvalue weighted by Gasteiger charge is 2.46. The number of ether oxygens (including phenoxy) is 2. The first kappa shape index (κ1) is 37.9. The maximum Gasteiger partial charge on any atom is 0.254 e. The Kier molecular flexibility index (Phi) is 8.58. The normalized spacial score (nSPS) is 15.1. The summed E-state index contributed by atoms with van der Waals surface area (Å²) in [4.78, 5) is 5.19. The molecule has 3 aliphatic heterocycles. The summed E-state index contributed by atoms with van der Waals surface area (Å²) >= 11 is 1.95. The van der Waals surface area contributed by atoms with Gasteiger partial charge in [-0.3, -0.25) is 0 Å². The summed E-state index contributed by atoms with van der Waals surface area (Å²) in [6, 6.07) is 28.6. The van der Waals surface area contributed by atoms with Crippen LogP contribution in [0.2, 0.25) is 0 Å². The summed E-state index contributed by atoms with van der Waals surface area (Å²) in [6.45, 7) is 31.4. The molecule has 0 atom stereocenters. The Bertz CT molecular complexity index is 2610. The molecule has 4 nitrogen and oxygen atoms in total. The zero-order chi connectivity index (χ0) is 40.5. The van der Waals surface area contributed by atoms with Crippen molar-refractivity contribution in [1.82, 2.24) is 0 Å². The lowest BCUT2D eigenvalue weighted by atomic mass is 9.33. The van der Waals surface area contributed by atoms with Gasteiger partial charge in [-0.1, -0.05) is 105 Å². The van der Waals surface area contributed by atoms with Crippen molar-refractivity contribution in [3.05, 3.63) is 112 Å². The molecule has 57 heavy (non-hydrogen) atoms. The van der Waals surface area contributed by atoms with Crippen LogP contribution in [0.1, 0.15) is 108 Å². The van der Waals surface area contributed by atoms with Gasteiger partial charge in [-0.05, 0) is 129 Å². The molecule has 1 aromatic heterocycles. The summed E-state index contributed by atoms with van der Waals surface area (Å²) in [5.41, 5.74) is 19.3. The number of rotatable bonds is 2. The highest BCUT2D eigenvalue weighted by molar-refractivity contribution is 7.26. The number of nitrogens with zero attached hydrogens (tertiary/aromatic N) is 2. The first-order valence-corrected chi connectivity index (χ1v) is 21.6. The fourth-order valence-electron chi connectivity index (χ4n) is 9.56. The molecular formula is C51H57BN2O2S. The molecule has 5 aromatic carbocycles. The van der Waals surface area contributed by atoms with Gasteiger partial charge in [-0.25, -0.2) is 0 Å². The Hall–Kier alpha value is -4.68. The summed E-state index contributed by atoms with van der Waals surface area (Å²) in [7, 11) is 0. The summed E-state index contributed by atoms with van der Waals surface area (Å²) < 4.78 is 14.1. The molecular weight excluding hydrogens is 715 g/mol. The molecule has 0 amide bonds. The van der Waals surface area contributed by atoms with E-state index < -0.39 is 0 Å². The Morgan fingerprint density at radius 2 is 1.18 bits per heavy atom. The SMILES string of the molecule is Cc1cc(C(C)(C)C)cc(C)c1N1c2cccc3c2B(c2cc(C(C)(C)C)ccc2N3c2c(C)cc3c(c2C)OCCCO3)c2c1sc1ccc(C(C)(C)C)cc21. The predicted molar refractivity (Wildman–Crippen MR) is 247 cm³/mol. The van der Waals surface area contributed by atoms with Gasteiger partial charge < -0.3 is 19.3 Å². The average molecular weight is 773 g/mol. The van der Waals surface area contributed by atoms with Crippen molar-refractivity contribution in [2.24, 2.45) is 0 Å². The minimum atomic E-state index is -0.0244. The van der Waals surface area contributed by atoms with Crippen molar-refractivity contribution in [3.63, 3.8) is 0 Å². The van der Waals surface area contributed by atoms with Gasteiger partial charge >= 0.3 is 0 Å². The number of hydrogen-bond donors (Lipinski definition) is 0. The van der Waals surface area contributed by atoms with Gasteiger partial charge in [0.1, 0.15) is 0 Å². The number of thiophene rings is 1. The molecule has 0 saturated heterocycles. The van der Waals surface area contributed by atoms with Crippen molar-refractivity contribution < 1.29 is 9.47 Å². The van der Waals surface area contributed by atoms with Crippen LogP contribution in [0.25, 0.3) is 10.1 Å². The molecule has 3 aliphatic rings. The Balaban J connectivity index is 1.42. The van der Waals surface area contributed by atoms with E-state index in [4.69, 9.17) is 9.47 Å². The van der Waals surface area contributed by atoms with Gasteiger partial charge in [0.05, 0.1) is 29.6 Å². The Morgan fingerprint density at radius 3 is 1.84 bits per heavy atom. The lowest BCUT2D eigenvalue weighted by Gasteiger charge is -2.44. The first-order chi connectivity index (χ1) is 26.8. The molecule has 0 radical (unpaired) electrons. The zero-order valence-corrected chi connectivity index (χ0v) is 37.1. The second-order valence-electron chi connectivity index (χ2n) is 19.9. The van der Waals surface area contributed by atoms with Crippen molar-refractivity contribution in [2.45, 2.75) is 113 Å².